The number of carbonyl (C=O) groups is 2. The third-order valence-corrected chi connectivity index (χ3v) is 6.09. The highest BCUT2D eigenvalue weighted by Gasteiger charge is 2.25. The van der Waals surface area contributed by atoms with E-state index in [1.807, 2.05) is 47.4 Å². The van der Waals surface area contributed by atoms with Gasteiger partial charge in [0.1, 0.15) is 0 Å². The summed E-state index contributed by atoms with van der Waals surface area (Å²) in [5.74, 6) is 0. The molecule has 3 N–H and O–H groups in total. The van der Waals surface area contributed by atoms with Gasteiger partial charge in [-0.2, -0.15) is 0 Å². The fourth-order valence-corrected chi connectivity index (χ4v) is 4.42. The number of nitrogens with one attached hydrogen (secondary N) is 3. The van der Waals surface area contributed by atoms with Crippen molar-refractivity contribution < 1.29 is 9.59 Å². The second-order valence-corrected chi connectivity index (χ2v) is 8.17. The first kappa shape index (κ1) is 19.6. The molecule has 0 aromatic heterocycles. The van der Waals surface area contributed by atoms with Gasteiger partial charge in [-0.05, 0) is 37.1 Å². The van der Waals surface area contributed by atoms with E-state index < -0.39 is 0 Å². The van der Waals surface area contributed by atoms with Crippen molar-refractivity contribution in [2.75, 3.05) is 18.4 Å². The molecule has 2 aliphatic rings. The first-order valence-electron chi connectivity index (χ1n) is 10.8. The van der Waals surface area contributed by atoms with Gasteiger partial charge in [0.05, 0.1) is 5.69 Å². The van der Waals surface area contributed by atoms with E-state index in [-0.39, 0.29) is 18.1 Å². The molecule has 6 nitrogen and oxygen atoms in total. The summed E-state index contributed by atoms with van der Waals surface area (Å²) in [5, 5.41) is 11.3. The molecule has 0 unspecified atom stereocenters. The second kappa shape index (κ2) is 9.16. The minimum absolute atomic E-state index is 0.0514. The highest BCUT2D eigenvalue weighted by atomic mass is 16.2. The number of benzene rings is 2. The molecule has 4 amide bonds. The van der Waals surface area contributed by atoms with Gasteiger partial charge in [0.2, 0.25) is 0 Å². The van der Waals surface area contributed by atoms with Gasteiger partial charge in [0, 0.05) is 30.6 Å². The standard InChI is InChI=1S/C23H30N4O2/c28-22(26-21-12-6-8-17-7-4-5-11-20(17)21)24-19-13-15-27(16-14-19)23(29)25-18-9-2-1-3-10-18/h4-8,11-12,18-19H,1-3,9-10,13-16H2,(H,25,29)(H2,24,26,28). The number of nitrogens with zero attached hydrogens (tertiary/aromatic N) is 1. The van der Waals surface area contributed by atoms with Crippen molar-refractivity contribution >= 4 is 28.5 Å². The number of hydrogen-bond acceptors (Lipinski definition) is 2. The number of carbonyl (C=O) groups excluding carboxylic acids is 2. The summed E-state index contributed by atoms with van der Waals surface area (Å²) in [7, 11) is 0. The van der Waals surface area contributed by atoms with Gasteiger partial charge in [-0.25, -0.2) is 9.59 Å². The van der Waals surface area contributed by atoms with Crippen molar-refractivity contribution in [1.29, 1.82) is 0 Å². The van der Waals surface area contributed by atoms with Crippen molar-refractivity contribution in [2.24, 2.45) is 0 Å². The Hall–Kier alpha value is -2.76. The van der Waals surface area contributed by atoms with Gasteiger partial charge in [-0.3, -0.25) is 0 Å². The van der Waals surface area contributed by atoms with E-state index >= 15 is 0 Å². The highest BCUT2D eigenvalue weighted by Crippen LogP contribution is 2.23. The average Bonchev–Trinajstić information content (AvgIpc) is 2.75. The van der Waals surface area contributed by atoms with Crippen LogP contribution in [0.2, 0.25) is 0 Å². The smallest absolute Gasteiger partial charge is 0.319 e. The topological polar surface area (TPSA) is 73.5 Å². The zero-order valence-corrected chi connectivity index (χ0v) is 16.8. The van der Waals surface area contributed by atoms with E-state index in [2.05, 4.69) is 16.0 Å². The Morgan fingerprint density at radius 2 is 1.48 bits per heavy atom. The lowest BCUT2D eigenvalue weighted by atomic mass is 9.95. The molecule has 4 rings (SSSR count). The van der Waals surface area contributed by atoms with Crippen molar-refractivity contribution in [2.45, 2.75) is 57.0 Å². The fraction of sp³-hybridized carbons (Fsp3) is 0.478. The predicted molar refractivity (Wildman–Crippen MR) is 116 cm³/mol. The third-order valence-electron chi connectivity index (χ3n) is 6.09. The Bertz CT molecular complexity index is 850. The molecule has 29 heavy (non-hydrogen) atoms. The van der Waals surface area contributed by atoms with Crippen LogP contribution in [0.1, 0.15) is 44.9 Å². The average molecular weight is 395 g/mol. The SMILES string of the molecule is O=C(Nc1cccc2ccccc12)NC1CCN(C(=O)NC2CCCCC2)CC1. The van der Waals surface area contributed by atoms with Crippen molar-refractivity contribution in [3.05, 3.63) is 42.5 Å². The molecule has 1 aliphatic carbocycles. The van der Waals surface area contributed by atoms with Crippen molar-refractivity contribution in [1.82, 2.24) is 15.5 Å². The highest BCUT2D eigenvalue weighted by molar-refractivity contribution is 6.01. The van der Waals surface area contributed by atoms with Gasteiger partial charge in [0.25, 0.3) is 0 Å². The summed E-state index contributed by atoms with van der Waals surface area (Å²) in [5.41, 5.74) is 0.810. The molecule has 1 aliphatic heterocycles. The van der Waals surface area contributed by atoms with E-state index in [0.29, 0.717) is 19.1 Å². The molecule has 1 heterocycles. The Labute approximate surface area is 172 Å². The van der Waals surface area contributed by atoms with Gasteiger partial charge >= 0.3 is 12.1 Å². The quantitative estimate of drug-likeness (QED) is 0.719. The van der Waals surface area contributed by atoms with Crippen LogP contribution >= 0.6 is 0 Å². The summed E-state index contributed by atoms with van der Waals surface area (Å²) in [6.07, 6.45) is 7.45. The van der Waals surface area contributed by atoms with Gasteiger partial charge in [0.15, 0.2) is 0 Å². The zero-order chi connectivity index (χ0) is 20.1. The summed E-state index contributed by atoms with van der Waals surface area (Å²) < 4.78 is 0. The lowest BCUT2D eigenvalue weighted by Crippen LogP contribution is -2.52. The monoisotopic (exact) mass is 394 g/mol. The molecule has 154 valence electrons. The zero-order valence-electron chi connectivity index (χ0n) is 16.8. The van der Waals surface area contributed by atoms with E-state index in [0.717, 1.165) is 42.1 Å². The van der Waals surface area contributed by atoms with Gasteiger partial charge in [-0.1, -0.05) is 55.7 Å². The van der Waals surface area contributed by atoms with Crippen LogP contribution in [0.5, 0.6) is 0 Å². The molecule has 1 saturated heterocycles. The maximum Gasteiger partial charge on any atom is 0.319 e. The van der Waals surface area contributed by atoms with Crippen LogP contribution in [-0.4, -0.2) is 42.1 Å². The molecule has 0 atom stereocenters. The number of anilines is 1. The normalized spacial score (nSPS) is 18.4. The van der Waals surface area contributed by atoms with E-state index in [1.165, 1.54) is 19.3 Å². The van der Waals surface area contributed by atoms with Gasteiger partial charge in [-0.15, -0.1) is 0 Å². The first-order chi connectivity index (χ1) is 14.2. The van der Waals surface area contributed by atoms with Crippen LogP contribution in [0, 0.1) is 0 Å². The van der Waals surface area contributed by atoms with Crippen LogP contribution in [0.4, 0.5) is 15.3 Å². The molecule has 0 radical (unpaired) electrons. The summed E-state index contributed by atoms with van der Waals surface area (Å²) >= 11 is 0. The van der Waals surface area contributed by atoms with E-state index in [4.69, 9.17) is 0 Å². The second-order valence-electron chi connectivity index (χ2n) is 8.17. The number of piperidine rings is 1. The lowest BCUT2D eigenvalue weighted by molar-refractivity contribution is 0.170. The Kier molecular flexibility index (Phi) is 6.17. The summed E-state index contributed by atoms with van der Waals surface area (Å²) in [6.45, 7) is 1.36. The number of urea groups is 2. The minimum Gasteiger partial charge on any atom is -0.335 e. The summed E-state index contributed by atoms with van der Waals surface area (Å²) in [4.78, 5) is 26.8. The molecule has 2 aromatic rings. The molecule has 2 fully saturated rings. The third kappa shape index (κ3) is 5.00. The number of likely N-dealkylation sites (tertiary alicyclic amines) is 1. The van der Waals surface area contributed by atoms with Crippen LogP contribution in [0.15, 0.2) is 42.5 Å². The summed E-state index contributed by atoms with van der Waals surface area (Å²) in [6, 6.07) is 14.2. The Morgan fingerprint density at radius 3 is 2.28 bits per heavy atom. The van der Waals surface area contributed by atoms with Crippen LogP contribution in [-0.2, 0) is 0 Å². The van der Waals surface area contributed by atoms with E-state index in [9.17, 15) is 9.59 Å². The van der Waals surface area contributed by atoms with Crippen LogP contribution in [0.25, 0.3) is 10.8 Å². The van der Waals surface area contributed by atoms with Gasteiger partial charge < -0.3 is 20.9 Å². The predicted octanol–water partition coefficient (Wildman–Crippen LogP) is 4.47. The molecular weight excluding hydrogens is 364 g/mol. The minimum atomic E-state index is -0.188. The number of rotatable bonds is 3. The van der Waals surface area contributed by atoms with Crippen molar-refractivity contribution in [3.63, 3.8) is 0 Å². The number of fused-ring (bicyclic) bond motifs is 1. The molecular formula is C23H30N4O2. The lowest BCUT2D eigenvalue weighted by Gasteiger charge is -2.34. The van der Waals surface area contributed by atoms with E-state index in [1.54, 1.807) is 0 Å². The Balaban J connectivity index is 1.25. The number of amides is 4. The molecule has 0 spiro atoms. The maximum absolute atomic E-state index is 12.5. The first-order valence-corrected chi connectivity index (χ1v) is 10.8. The fourth-order valence-electron chi connectivity index (χ4n) is 4.42. The largest absolute Gasteiger partial charge is 0.335 e. The molecule has 0 bridgehead atoms. The molecule has 1 saturated carbocycles. The van der Waals surface area contributed by atoms with Crippen LogP contribution in [0.3, 0.4) is 0 Å². The number of hydrogen-bond donors (Lipinski definition) is 3. The molecule has 2 aromatic carbocycles. The maximum atomic E-state index is 12.5. The van der Waals surface area contributed by atoms with Crippen molar-refractivity contribution in [3.8, 4) is 0 Å². The molecule has 6 heteroatoms. The van der Waals surface area contributed by atoms with Crippen LogP contribution < -0.4 is 16.0 Å². The Morgan fingerprint density at radius 1 is 0.793 bits per heavy atom.